The van der Waals surface area contributed by atoms with Crippen LogP contribution in [0.2, 0.25) is 0 Å². The van der Waals surface area contributed by atoms with Gasteiger partial charge in [-0.1, -0.05) is 37.6 Å². The first kappa shape index (κ1) is 27.8. The molecule has 8 nitrogen and oxygen atoms in total. The van der Waals surface area contributed by atoms with Crippen LogP contribution in [0.1, 0.15) is 89.4 Å². The molecule has 3 aliphatic heterocycles. The Hall–Kier alpha value is -3.00. The molecule has 8 atom stereocenters. The molecular weight excluding hydrogens is 536 g/mol. The van der Waals surface area contributed by atoms with Crippen molar-refractivity contribution >= 4 is 23.7 Å². The fourth-order valence-corrected chi connectivity index (χ4v) is 10.3. The second kappa shape index (κ2) is 9.25. The Kier molecular flexibility index (Phi) is 6.12. The number of carbonyl (C=O) groups excluding carboxylic acids is 4. The first-order chi connectivity index (χ1) is 19.9. The molecule has 0 aromatic heterocycles. The van der Waals surface area contributed by atoms with Crippen LogP contribution in [-0.2, 0) is 33.3 Å². The fraction of sp³-hybridized carbons (Fsp3) is 0.647. The number of carbonyl (C=O) groups is 4. The topological polar surface area (TPSA) is 105 Å². The highest BCUT2D eigenvalue weighted by Crippen LogP contribution is 2.75. The zero-order chi connectivity index (χ0) is 29.7. The van der Waals surface area contributed by atoms with Crippen LogP contribution in [0.4, 0.5) is 0 Å². The normalized spacial score (nSPS) is 42.1. The number of cyclic esters (lactones) is 2. The predicted molar refractivity (Wildman–Crippen MR) is 150 cm³/mol. The number of allylic oxidation sites excluding steroid dienone is 1. The highest BCUT2D eigenvalue weighted by atomic mass is 16.6. The number of Topliss-reactive ketones (excluding diaryl/α,β-unsaturated/α-hetero) is 1. The van der Waals surface area contributed by atoms with E-state index in [4.69, 9.17) is 18.9 Å². The molecule has 0 radical (unpaired) electrons. The molecule has 3 aliphatic carbocycles. The number of rotatable bonds is 3. The maximum absolute atomic E-state index is 13.7. The third-order valence-electron chi connectivity index (χ3n) is 12.3. The number of ketones is 1. The van der Waals surface area contributed by atoms with Crippen molar-refractivity contribution in [3.8, 4) is 0 Å². The van der Waals surface area contributed by atoms with Crippen molar-refractivity contribution < 1.29 is 38.1 Å². The molecule has 3 saturated heterocycles. The summed E-state index contributed by atoms with van der Waals surface area (Å²) in [6, 6.07) is 9.07. The van der Waals surface area contributed by atoms with Crippen LogP contribution in [0.15, 0.2) is 41.5 Å². The van der Waals surface area contributed by atoms with Gasteiger partial charge in [0, 0.05) is 35.2 Å². The van der Waals surface area contributed by atoms with Crippen LogP contribution in [0.3, 0.4) is 0 Å². The first-order valence-electron chi connectivity index (χ1n) is 15.5. The van der Waals surface area contributed by atoms with Gasteiger partial charge in [0.2, 0.25) is 0 Å². The van der Waals surface area contributed by atoms with Crippen molar-refractivity contribution in [2.75, 3.05) is 6.61 Å². The Bertz CT molecular complexity index is 1400. The molecule has 1 spiro atoms. The minimum atomic E-state index is -0.595. The number of ether oxygens (including phenoxy) is 4. The summed E-state index contributed by atoms with van der Waals surface area (Å²) in [6.07, 6.45) is 2.72. The van der Waals surface area contributed by atoms with Crippen molar-refractivity contribution in [1.29, 1.82) is 0 Å². The number of hydrogen-bond acceptors (Lipinski definition) is 8. The first-order valence-corrected chi connectivity index (χ1v) is 15.5. The van der Waals surface area contributed by atoms with Crippen molar-refractivity contribution in [2.24, 2.45) is 28.1 Å². The summed E-state index contributed by atoms with van der Waals surface area (Å²) < 4.78 is 24.9. The molecule has 5 fully saturated rings. The molecule has 0 bridgehead atoms. The predicted octanol–water partition coefficient (Wildman–Crippen LogP) is 5.13. The SMILES string of the molecule is CC1(C)O[C@H]2CC(=O)OC[C@]23[C@H]2CCC4=C([C@H]5CCC(=O)O5)C(=O)CC[C@@]4(C)[C@]2(C)[C@H](OC(=O)c2ccccc2)C[C@@H]13. The lowest BCUT2D eigenvalue weighted by atomic mass is 9.36. The number of hydrogen-bond donors (Lipinski definition) is 0. The standard InChI is InChI=1S/C34H40O8/c1-31(2)24-16-25(41-30(38)19-8-6-5-7-9-19)33(4)23(34(24)18-39-28(37)17-26(34)42-31)12-10-20-29(22-11-13-27(36)40-22)21(35)14-15-32(20,33)3/h5-9,22-26H,10-18H2,1-4H3/t22-,23+,24+,25-,26+,32-,33+,34-/m1/s1. The smallest absolute Gasteiger partial charge is 0.338 e. The van der Waals surface area contributed by atoms with Gasteiger partial charge in [0.05, 0.1) is 23.7 Å². The molecule has 6 aliphatic rings. The highest BCUT2D eigenvalue weighted by Gasteiger charge is 2.76. The van der Waals surface area contributed by atoms with E-state index in [9.17, 15) is 19.2 Å². The zero-order valence-corrected chi connectivity index (χ0v) is 24.9. The Balaban J connectivity index is 1.39. The Labute approximate surface area is 246 Å². The molecule has 7 rings (SSSR count). The Morgan fingerprint density at radius 3 is 2.40 bits per heavy atom. The largest absolute Gasteiger partial charge is 0.465 e. The molecular formula is C34H40O8. The molecule has 8 heteroatoms. The van der Waals surface area contributed by atoms with Crippen LogP contribution in [-0.4, -0.2) is 54.2 Å². The Morgan fingerprint density at radius 2 is 1.69 bits per heavy atom. The summed E-state index contributed by atoms with van der Waals surface area (Å²) in [4.78, 5) is 51.9. The fourth-order valence-electron chi connectivity index (χ4n) is 10.3. The van der Waals surface area contributed by atoms with Gasteiger partial charge in [-0.2, -0.15) is 0 Å². The molecule has 0 N–H and O–H groups in total. The van der Waals surface area contributed by atoms with Gasteiger partial charge in [0.25, 0.3) is 0 Å². The minimum absolute atomic E-state index is 0.00403. The lowest BCUT2D eigenvalue weighted by molar-refractivity contribution is -0.230. The van der Waals surface area contributed by atoms with Gasteiger partial charge in [-0.3, -0.25) is 14.4 Å². The monoisotopic (exact) mass is 576 g/mol. The van der Waals surface area contributed by atoms with Crippen LogP contribution >= 0.6 is 0 Å². The van der Waals surface area contributed by atoms with E-state index in [0.29, 0.717) is 49.7 Å². The number of fused-ring (bicyclic) bond motifs is 3. The van der Waals surface area contributed by atoms with Gasteiger partial charge in [-0.25, -0.2) is 4.79 Å². The second-order valence-corrected chi connectivity index (χ2v) is 14.3. The van der Waals surface area contributed by atoms with E-state index in [-0.39, 0.29) is 54.7 Å². The maximum Gasteiger partial charge on any atom is 0.338 e. The molecule has 1 aromatic rings. The molecule has 42 heavy (non-hydrogen) atoms. The Morgan fingerprint density at radius 1 is 0.929 bits per heavy atom. The molecule has 0 amide bonds. The van der Waals surface area contributed by atoms with Crippen molar-refractivity contribution in [2.45, 2.75) is 103 Å². The average molecular weight is 577 g/mol. The van der Waals surface area contributed by atoms with Gasteiger partial charge < -0.3 is 18.9 Å². The molecule has 3 heterocycles. The number of esters is 3. The molecule has 2 saturated carbocycles. The van der Waals surface area contributed by atoms with E-state index < -0.39 is 34.1 Å². The summed E-state index contributed by atoms with van der Waals surface area (Å²) >= 11 is 0. The molecule has 0 unspecified atom stereocenters. The minimum Gasteiger partial charge on any atom is -0.465 e. The highest BCUT2D eigenvalue weighted by molar-refractivity contribution is 5.99. The van der Waals surface area contributed by atoms with Crippen LogP contribution in [0.5, 0.6) is 0 Å². The zero-order valence-electron chi connectivity index (χ0n) is 24.9. The van der Waals surface area contributed by atoms with Crippen LogP contribution in [0, 0.1) is 28.1 Å². The van der Waals surface area contributed by atoms with Gasteiger partial charge >= 0.3 is 17.9 Å². The van der Waals surface area contributed by atoms with Crippen LogP contribution in [0.25, 0.3) is 0 Å². The summed E-state index contributed by atoms with van der Waals surface area (Å²) in [5.41, 5.74) is 0.138. The van der Waals surface area contributed by atoms with E-state index in [2.05, 4.69) is 27.7 Å². The lowest BCUT2D eigenvalue weighted by Crippen LogP contribution is -2.69. The maximum atomic E-state index is 13.7. The van der Waals surface area contributed by atoms with E-state index in [0.717, 1.165) is 12.0 Å². The van der Waals surface area contributed by atoms with Crippen molar-refractivity contribution in [3.05, 3.63) is 47.0 Å². The van der Waals surface area contributed by atoms with Gasteiger partial charge in [0.15, 0.2) is 5.78 Å². The summed E-state index contributed by atoms with van der Waals surface area (Å²) in [5, 5.41) is 0. The van der Waals surface area contributed by atoms with Gasteiger partial charge in [-0.15, -0.1) is 0 Å². The summed E-state index contributed by atoms with van der Waals surface area (Å²) in [5.74, 6) is -0.798. The van der Waals surface area contributed by atoms with Crippen molar-refractivity contribution in [3.63, 3.8) is 0 Å². The van der Waals surface area contributed by atoms with Crippen molar-refractivity contribution in [1.82, 2.24) is 0 Å². The number of benzene rings is 1. The van der Waals surface area contributed by atoms with Gasteiger partial charge in [0.1, 0.15) is 18.8 Å². The van der Waals surface area contributed by atoms with E-state index >= 15 is 0 Å². The lowest BCUT2D eigenvalue weighted by Gasteiger charge is -2.68. The average Bonchev–Trinajstić information content (AvgIpc) is 3.47. The molecule has 224 valence electrons. The van der Waals surface area contributed by atoms with E-state index in [1.807, 2.05) is 18.2 Å². The van der Waals surface area contributed by atoms with E-state index in [1.54, 1.807) is 12.1 Å². The second-order valence-electron chi connectivity index (χ2n) is 14.3. The van der Waals surface area contributed by atoms with Crippen LogP contribution < -0.4 is 0 Å². The van der Waals surface area contributed by atoms with E-state index in [1.165, 1.54) is 0 Å². The quantitative estimate of drug-likeness (QED) is 0.360. The summed E-state index contributed by atoms with van der Waals surface area (Å²) in [6.45, 7) is 8.91. The molecule has 1 aromatic carbocycles. The van der Waals surface area contributed by atoms with Gasteiger partial charge in [-0.05, 0) is 69.4 Å². The third kappa shape index (κ3) is 3.63. The third-order valence-corrected chi connectivity index (χ3v) is 12.3. The summed E-state index contributed by atoms with van der Waals surface area (Å²) in [7, 11) is 0.